The van der Waals surface area contributed by atoms with Crippen molar-refractivity contribution in [2.75, 3.05) is 41.9 Å². The van der Waals surface area contributed by atoms with Crippen molar-refractivity contribution in [2.45, 2.75) is 64.3 Å². The second-order valence-corrected chi connectivity index (χ2v) is 13.8. The molecule has 4 heterocycles. The normalized spacial score (nSPS) is 18.5. The first-order valence-electron chi connectivity index (χ1n) is 15.0. The molecule has 2 aromatic heterocycles. The molecule has 5 rings (SSSR count). The molecule has 0 bridgehead atoms. The number of carbonyl (C=O) groups excluding carboxylic acids is 2. The maximum absolute atomic E-state index is 12.7. The number of fused-ring (bicyclic) bond motifs is 1. The maximum atomic E-state index is 12.7. The van der Waals surface area contributed by atoms with Crippen molar-refractivity contribution in [1.82, 2.24) is 15.0 Å². The van der Waals surface area contributed by atoms with Gasteiger partial charge in [0.1, 0.15) is 17.2 Å². The number of hydrogen-bond acceptors (Lipinski definition) is 9. The van der Waals surface area contributed by atoms with Crippen LogP contribution in [0.25, 0.3) is 0 Å². The number of urea groups is 1. The van der Waals surface area contributed by atoms with Crippen molar-refractivity contribution < 1.29 is 31.8 Å². The molecule has 3 amide bonds. The van der Waals surface area contributed by atoms with Gasteiger partial charge in [-0.25, -0.2) is 9.78 Å². The summed E-state index contributed by atoms with van der Waals surface area (Å²) in [5.41, 5.74) is 1.23. The van der Waals surface area contributed by atoms with E-state index in [1.165, 1.54) is 45.2 Å². The van der Waals surface area contributed by atoms with E-state index in [0.717, 1.165) is 0 Å². The van der Waals surface area contributed by atoms with E-state index in [1.54, 1.807) is 48.7 Å². The Kier molecular flexibility index (Phi) is 11.2. The standard InChI is InChI=1S/C30H38N6O4.CH4O3S/c1-30(2,3)26-17-27(35-40-26)34-29(38)33-22-11-9-21(10-12-22)32-28(37)24-14-13-23(18-31-24)39-19-20-7-6-16-36-15-5-4-8-25(20)36;1-5(2,3)4/h9-14,17-18,20,25H,4-8,15-16,19H2,1-3H3,(H,32,37)(H2,33,34,35,38);1H3,(H,2,3,4)/t20-,25+;/m1./s1. The highest BCUT2D eigenvalue weighted by atomic mass is 32.2. The van der Waals surface area contributed by atoms with E-state index < -0.39 is 16.1 Å². The number of rotatable bonds is 7. The number of ether oxygens (including phenoxy) is 1. The third kappa shape index (κ3) is 10.8. The third-order valence-corrected chi connectivity index (χ3v) is 7.55. The van der Waals surface area contributed by atoms with Gasteiger partial charge in [0.15, 0.2) is 5.82 Å². The lowest BCUT2D eigenvalue weighted by Gasteiger charge is -2.44. The van der Waals surface area contributed by atoms with Gasteiger partial charge in [-0.15, -0.1) is 0 Å². The van der Waals surface area contributed by atoms with Crippen molar-refractivity contribution in [3.8, 4) is 5.75 Å². The molecule has 2 atom stereocenters. The van der Waals surface area contributed by atoms with Crippen LogP contribution in [0.1, 0.15) is 69.1 Å². The monoisotopic (exact) mass is 642 g/mol. The second kappa shape index (κ2) is 14.8. The predicted molar refractivity (Wildman–Crippen MR) is 171 cm³/mol. The molecule has 0 aliphatic carbocycles. The van der Waals surface area contributed by atoms with Crippen LogP contribution in [0.5, 0.6) is 5.75 Å². The highest BCUT2D eigenvalue weighted by Crippen LogP contribution is 2.31. The molecule has 2 aliphatic heterocycles. The minimum absolute atomic E-state index is 0.207. The van der Waals surface area contributed by atoms with Gasteiger partial charge >= 0.3 is 6.03 Å². The summed E-state index contributed by atoms with van der Waals surface area (Å²) in [6.45, 7) is 9.10. The Morgan fingerprint density at radius 3 is 2.29 bits per heavy atom. The van der Waals surface area contributed by atoms with E-state index in [2.05, 4.69) is 31.0 Å². The molecule has 0 radical (unpaired) electrons. The lowest BCUT2D eigenvalue weighted by atomic mass is 9.84. The van der Waals surface area contributed by atoms with E-state index >= 15 is 0 Å². The first-order valence-corrected chi connectivity index (χ1v) is 16.8. The van der Waals surface area contributed by atoms with Gasteiger partial charge in [0.25, 0.3) is 16.0 Å². The van der Waals surface area contributed by atoms with Gasteiger partial charge in [0, 0.05) is 34.8 Å². The number of nitrogens with one attached hydrogen (secondary N) is 3. The Bertz CT molecular complexity index is 1530. The number of nitrogens with zero attached hydrogens (tertiary/aromatic N) is 3. The minimum atomic E-state index is -3.67. The van der Waals surface area contributed by atoms with Crippen LogP contribution in [-0.2, 0) is 15.5 Å². The fourth-order valence-electron chi connectivity index (χ4n) is 5.37. The van der Waals surface area contributed by atoms with Crippen LogP contribution in [0.2, 0.25) is 0 Å². The van der Waals surface area contributed by atoms with Crippen LogP contribution in [0, 0.1) is 5.92 Å². The van der Waals surface area contributed by atoms with Crippen LogP contribution in [-0.4, -0.2) is 71.9 Å². The summed E-state index contributed by atoms with van der Waals surface area (Å²) in [5, 5.41) is 12.1. The number of hydrogen-bond donors (Lipinski definition) is 4. The summed E-state index contributed by atoms with van der Waals surface area (Å²) >= 11 is 0. The van der Waals surface area contributed by atoms with Crippen molar-refractivity contribution >= 4 is 39.2 Å². The van der Waals surface area contributed by atoms with E-state index in [4.69, 9.17) is 13.8 Å². The largest absolute Gasteiger partial charge is 0.492 e. The highest BCUT2D eigenvalue weighted by molar-refractivity contribution is 7.85. The van der Waals surface area contributed by atoms with Gasteiger partial charge in [0.2, 0.25) is 0 Å². The molecule has 13 nitrogen and oxygen atoms in total. The van der Waals surface area contributed by atoms with Gasteiger partial charge in [-0.1, -0.05) is 32.3 Å². The molecule has 244 valence electrons. The molecule has 2 saturated heterocycles. The third-order valence-electron chi connectivity index (χ3n) is 7.55. The Morgan fingerprint density at radius 1 is 1.00 bits per heavy atom. The summed E-state index contributed by atoms with van der Waals surface area (Å²) in [4.78, 5) is 32.0. The van der Waals surface area contributed by atoms with E-state index in [1.807, 2.05) is 20.8 Å². The quantitative estimate of drug-likeness (QED) is 0.244. The molecule has 0 unspecified atom stereocenters. The molecule has 2 fully saturated rings. The number of amides is 3. The molecule has 3 aromatic rings. The molecule has 14 heteroatoms. The lowest BCUT2D eigenvalue weighted by molar-refractivity contribution is 0.0365. The first-order chi connectivity index (χ1) is 21.2. The Morgan fingerprint density at radius 2 is 1.67 bits per heavy atom. The molecule has 0 saturated carbocycles. The smallest absolute Gasteiger partial charge is 0.324 e. The van der Waals surface area contributed by atoms with Gasteiger partial charge in [-0.2, -0.15) is 8.42 Å². The number of pyridine rings is 1. The number of anilines is 3. The van der Waals surface area contributed by atoms with Crippen LogP contribution in [0.4, 0.5) is 22.0 Å². The van der Waals surface area contributed by atoms with Crippen LogP contribution in [0.3, 0.4) is 0 Å². The van der Waals surface area contributed by atoms with Gasteiger partial charge in [-0.05, 0) is 75.2 Å². The van der Waals surface area contributed by atoms with Crippen LogP contribution >= 0.6 is 0 Å². The fourth-order valence-corrected chi connectivity index (χ4v) is 5.37. The Hall–Kier alpha value is -4.01. The molecule has 1 aromatic carbocycles. The maximum Gasteiger partial charge on any atom is 0.324 e. The summed E-state index contributed by atoms with van der Waals surface area (Å²) in [6.07, 6.45) is 8.63. The summed E-state index contributed by atoms with van der Waals surface area (Å²) in [5.74, 6) is 1.91. The van der Waals surface area contributed by atoms with Crippen molar-refractivity contribution in [3.05, 3.63) is 60.1 Å². The summed E-state index contributed by atoms with van der Waals surface area (Å²) in [7, 11) is -3.67. The average Bonchev–Trinajstić information content (AvgIpc) is 3.45. The molecule has 4 N–H and O–H groups in total. The molecule has 2 aliphatic rings. The Labute approximate surface area is 263 Å². The summed E-state index contributed by atoms with van der Waals surface area (Å²) < 4.78 is 37.2. The lowest BCUT2D eigenvalue weighted by Crippen LogP contribution is -2.49. The van der Waals surface area contributed by atoms with E-state index in [0.29, 0.717) is 59.2 Å². The van der Waals surface area contributed by atoms with Gasteiger partial charge in [-0.3, -0.25) is 19.6 Å². The average molecular weight is 643 g/mol. The number of benzene rings is 1. The molecule has 0 spiro atoms. The topological polar surface area (TPSA) is 176 Å². The number of aromatic nitrogens is 2. The fraction of sp³-hybridized carbons (Fsp3) is 0.484. The zero-order chi connectivity index (χ0) is 32.6. The molecular weight excluding hydrogens is 600 g/mol. The van der Waals surface area contributed by atoms with Crippen LogP contribution in [0.15, 0.2) is 53.2 Å². The van der Waals surface area contributed by atoms with Crippen molar-refractivity contribution in [2.24, 2.45) is 5.92 Å². The predicted octanol–water partition coefficient (Wildman–Crippen LogP) is 5.41. The van der Waals surface area contributed by atoms with Gasteiger partial charge in [0.05, 0.1) is 19.1 Å². The van der Waals surface area contributed by atoms with Gasteiger partial charge < -0.3 is 19.9 Å². The second-order valence-electron chi connectivity index (χ2n) is 12.4. The zero-order valence-corrected chi connectivity index (χ0v) is 26.9. The highest BCUT2D eigenvalue weighted by Gasteiger charge is 2.33. The SMILES string of the molecule is CC(C)(C)c1cc(NC(=O)Nc2ccc(NC(=O)c3ccc(OC[C@H]4CCCN5CCCC[C@@H]45)cn3)cc2)no1.CS(=O)(=O)O. The van der Waals surface area contributed by atoms with Crippen molar-refractivity contribution in [1.29, 1.82) is 0 Å². The number of piperidine rings is 2. The van der Waals surface area contributed by atoms with Crippen LogP contribution < -0.4 is 20.7 Å². The number of carbonyl (C=O) groups is 2. The minimum Gasteiger partial charge on any atom is -0.492 e. The molecular formula is C31H42N6O7S. The van der Waals surface area contributed by atoms with E-state index in [9.17, 15) is 18.0 Å². The Balaban J connectivity index is 0.000000854. The zero-order valence-electron chi connectivity index (χ0n) is 26.1. The van der Waals surface area contributed by atoms with E-state index in [-0.39, 0.29) is 11.3 Å². The van der Waals surface area contributed by atoms with Crippen molar-refractivity contribution in [3.63, 3.8) is 0 Å². The molecule has 45 heavy (non-hydrogen) atoms. The summed E-state index contributed by atoms with van der Waals surface area (Å²) in [6, 6.07) is 12.2. The first kappa shape index (κ1) is 33.9.